The third-order valence-electron chi connectivity index (χ3n) is 0. The Morgan fingerprint density at radius 3 is 0.500 bits per heavy atom. The van der Waals surface area contributed by atoms with E-state index in [0.717, 1.165) is 0 Å². The zero-order valence-electron chi connectivity index (χ0n) is 2.71. The van der Waals surface area contributed by atoms with Gasteiger partial charge in [0.2, 0.25) is 0 Å². The summed E-state index contributed by atoms with van der Waals surface area (Å²) in [6.45, 7) is 0. The second-order valence-electron chi connectivity index (χ2n) is 0. The third kappa shape index (κ3) is 151. The Balaban J connectivity index is 0. The largest absolute Gasteiger partial charge is 2.00 e. The van der Waals surface area contributed by atoms with Crippen LogP contribution in [0.2, 0.25) is 0 Å². The minimum absolute atomic E-state index is 0. The van der Waals surface area contributed by atoms with Gasteiger partial charge in [0.05, 0.1) is 0 Å². The first-order chi connectivity index (χ1) is 0. The molecule has 6 heavy (non-hydrogen) atoms. The first kappa shape index (κ1) is 520. The van der Waals surface area contributed by atoms with E-state index in [-0.39, 0.29) is 51.1 Å². The monoisotopic (exact) mass is 166 g/mol. The van der Waals surface area contributed by atoms with Gasteiger partial charge in [-0.15, -0.1) is 0 Å². The van der Waals surface area contributed by atoms with E-state index in [2.05, 4.69) is 0 Å². The normalized spacial score (nSPS) is 0. The first-order valence-electron chi connectivity index (χ1n) is 0. The van der Waals surface area contributed by atoms with Crippen molar-refractivity contribution < 1.29 is 51.1 Å². The van der Waals surface area contributed by atoms with Gasteiger partial charge in [0, 0.05) is 0 Å². The number of hydrogen-bond acceptors (Lipinski definition) is 0. The van der Waals surface area contributed by atoms with Gasteiger partial charge < -0.3 is 34.3 Å². The van der Waals surface area contributed by atoms with E-state index in [9.17, 15) is 0 Å². The van der Waals surface area contributed by atoms with E-state index < -0.39 is 0 Å². The molecule has 0 aliphatic heterocycles. The smallest absolute Gasteiger partial charge is 1.00 e. The molecule has 0 aliphatic rings. The van der Waals surface area contributed by atoms with Crippen molar-refractivity contribution >= 4 is 0 Å². The molecular weight excluding hydrogens is 158 g/mol. The second-order valence-corrected chi connectivity index (χ2v) is 0. The molecule has 1 radical (unpaired) electrons. The maximum Gasteiger partial charge on any atom is 2.00 e. The van der Waals surface area contributed by atoms with Crippen LogP contribution in [0.25, 0.3) is 0 Å². The summed E-state index contributed by atoms with van der Waals surface area (Å²) in [5, 5.41) is 0. The van der Waals surface area contributed by atoms with Gasteiger partial charge in [-0.3, -0.25) is 0 Å². The average molecular weight is 166 g/mol. The Hall–Kier alpha value is 0.636. The van der Waals surface area contributed by atoms with Gasteiger partial charge >= 0.3 is 16.8 Å². The van der Waals surface area contributed by atoms with Crippen molar-refractivity contribution in [3.63, 3.8) is 0 Å². The molecule has 8 N–H and O–H groups in total. The van der Waals surface area contributed by atoms with Crippen molar-refractivity contribution in [3.8, 4) is 0 Å². The molecule has 0 saturated heterocycles. The predicted molar refractivity (Wildman–Crippen MR) is 14.5 cm³/mol. The van der Waals surface area contributed by atoms with Crippen molar-refractivity contribution in [1.29, 1.82) is 0 Å². The summed E-state index contributed by atoms with van der Waals surface area (Å²) in [6, 6.07) is 0. The van der Waals surface area contributed by atoms with Crippen LogP contribution in [0.1, 0.15) is 0 Å². The Morgan fingerprint density at radius 1 is 0.500 bits per heavy atom. The minimum atomic E-state index is 0. The Morgan fingerprint density at radius 2 is 0.500 bits per heavy atom. The van der Waals surface area contributed by atoms with Gasteiger partial charge in [0.15, 0.2) is 0 Å². The molecule has 4 nitrogen and oxygen atoms in total. The number of hydrogen-bond donors (Lipinski definition) is 0. The summed E-state index contributed by atoms with van der Waals surface area (Å²) in [5.74, 6) is 0. The van der Waals surface area contributed by atoms with Crippen LogP contribution in [-0.2, 0) is 16.8 Å². The van der Waals surface area contributed by atoms with E-state index in [4.69, 9.17) is 0 Å². The number of rotatable bonds is 0. The minimum Gasteiger partial charge on any atom is -1.00 e. The first-order valence-corrected chi connectivity index (χ1v) is 0. The topological polar surface area (TPSA) is 126 Å². The third-order valence-corrected chi connectivity index (χ3v) is 0. The van der Waals surface area contributed by atoms with Crippen LogP contribution < -0.4 is 12.4 Å². The van der Waals surface area contributed by atoms with Crippen molar-refractivity contribution in [1.82, 2.24) is 0 Å². The SMILES string of the molecule is O.O.O.O.[Cl-].[Co+2]. The van der Waals surface area contributed by atoms with E-state index in [1.54, 1.807) is 0 Å². The molecule has 0 aromatic carbocycles. The molecule has 0 aromatic rings. The summed E-state index contributed by atoms with van der Waals surface area (Å²) in [7, 11) is 0. The quantitative estimate of drug-likeness (QED) is 0.339. The van der Waals surface area contributed by atoms with Crippen LogP contribution in [0, 0.1) is 0 Å². The zero-order valence-corrected chi connectivity index (χ0v) is 4.51. The van der Waals surface area contributed by atoms with Crippen LogP contribution >= 0.6 is 0 Å². The van der Waals surface area contributed by atoms with Crippen molar-refractivity contribution in [2.24, 2.45) is 0 Å². The molecule has 0 aromatic heterocycles. The van der Waals surface area contributed by atoms with E-state index in [0.29, 0.717) is 0 Å². The maximum atomic E-state index is 0. The van der Waals surface area contributed by atoms with Crippen LogP contribution in [0.4, 0.5) is 0 Å². The Labute approximate surface area is 51.8 Å². The van der Waals surface area contributed by atoms with Crippen molar-refractivity contribution in [2.75, 3.05) is 0 Å². The number of halogens is 1. The summed E-state index contributed by atoms with van der Waals surface area (Å²) >= 11 is 0. The maximum absolute atomic E-state index is 0. The standard InChI is InChI=1S/ClH.Co.4H2O/h1H;;4*1H2/q;+2;;;;/p-1. The summed E-state index contributed by atoms with van der Waals surface area (Å²) in [5.41, 5.74) is 0. The summed E-state index contributed by atoms with van der Waals surface area (Å²) < 4.78 is 0. The second kappa shape index (κ2) is 299. The molecular formula is H8ClCoO4+. The van der Waals surface area contributed by atoms with E-state index in [1.165, 1.54) is 0 Å². The zero-order chi connectivity index (χ0) is 0. The van der Waals surface area contributed by atoms with Gasteiger partial charge in [-0.1, -0.05) is 0 Å². The van der Waals surface area contributed by atoms with Gasteiger partial charge in [-0.05, 0) is 0 Å². The van der Waals surface area contributed by atoms with Gasteiger partial charge in [-0.2, -0.15) is 0 Å². The van der Waals surface area contributed by atoms with Crippen molar-refractivity contribution in [2.45, 2.75) is 0 Å². The molecule has 0 amide bonds. The molecule has 0 aliphatic carbocycles. The van der Waals surface area contributed by atoms with Crippen LogP contribution in [0.3, 0.4) is 0 Å². The van der Waals surface area contributed by atoms with Gasteiger partial charge in [0.25, 0.3) is 0 Å². The fourth-order valence-corrected chi connectivity index (χ4v) is 0. The molecule has 0 heterocycles. The van der Waals surface area contributed by atoms with Gasteiger partial charge in [-0.25, -0.2) is 0 Å². The fourth-order valence-electron chi connectivity index (χ4n) is 0. The van der Waals surface area contributed by atoms with Crippen LogP contribution in [0.15, 0.2) is 0 Å². The summed E-state index contributed by atoms with van der Waals surface area (Å²) in [4.78, 5) is 0. The molecule has 0 rings (SSSR count). The molecule has 0 bridgehead atoms. The average Bonchev–Trinajstić information content (AvgIpc) is 0. The fraction of sp³-hybridized carbons (Fsp3) is 0. The molecule has 47 valence electrons. The van der Waals surface area contributed by atoms with E-state index in [1.807, 2.05) is 0 Å². The van der Waals surface area contributed by atoms with Crippen LogP contribution in [-0.4, -0.2) is 21.9 Å². The van der Waals surface area contributed by atoms with Gasteiger partial charge in [0.1, 0.15) is 0 Å². The molecule has 0 unspecified atom stereocenters. The predicted octanol–water partition coefficient (Wildman–Crippen LogP) is -6.30. The summed E-state index contributed by atoms with van der Waals surface area (Å²) in [6.07, 6.45) is 0. The Bertz CT molecular complexity index is 7.51. The molecule has 0 atom stereocenters. The molecule has 0 fully saturated rings. The molecule has 6 heteroatoms. The molecule has 0 spiro atoms. The van der Waals surface area contributed by atoms with E-state index >= 15 is 0 Å². The molecule has 0 saturated carbocycles. The van der Waals surface area contributed by atoms with Crippen molar-refractivity contribution in [3.05, 3.63) is 0 Å². The Kier molecular flexibility index (Phi) is 25900. The van der Waals surface area contributed by atoms with Crippen LogP contribution in [0.5, 0.6) is 0 Å².